The second-order valence-electron chi connectivity index (χ2n) is 5.00. The average Bonchev–Trinajstić information content (AvgIpc) is 2.26. The van der Waals surface area contributed by atoms with Crippen molar-refractivity contribution in [3.63, 3.8) is 0 Å². The fourth-order valence-electron chi connectivity index (χ4n) is 1.90. The van der Waals surface area contributed by atoms with Gasteiger partial charge in [0.25, 0.3) is 0 Å². The van der Waals surface area contributed by atoms with E-state index in [2.05, 4.69) is 4.90 Å². The number of β-amino-alcohol motifs (C(OH)–C–C–N with tert-alkyl or cyclic N) is 1. The Labute approximate surface area is 110 Å². The molecule has 1 N–H and O–H groups in total. The lowest BCUT2D eigenvalue weighted by molar-refractivity contribution is -0.0117. The molecule has 18 heavy (non-hydrogen) atoms. The van der Waals surface area contributed by atoms with Crippen LogP contribution in [-0.2, 0) is 14.8 Å². The zero-order valence-electron chi connectivity index (χ0n) is 11.4. The highest BCUT2D eigenvalue weighted by Gasteiger charge is 2.24. The average molecular weight is 280 g/mol. The molecule has 1 aliphatic rings. The van der Waals surface area contributed by atoms with E-state index >= 15 is 0 Å². The van der Waals surface area contributed by atoms with Crippen LogP contribution in [0.3, 0.4) is 0 Å². The first-order valence-corrected chi connectivity index (χ1v) is 8.11. The summed E-state index contributed by atoms with van der Waals surface area (Å²) in [5, 5.41) is 9.78. The predicted molar refractivity (Wildman–Crippen MR) is 70.0 cm³/mol. The van der Waals surface area contributed by atoms with Crippen LogP contribution < -0.4 is 0 Å². The molecule has 0 amide bonds. The second-order valence-corrected chi connectivity index (χ2v) is 6.98. The lowest BCUT2D eigenvalue weighted by Gasteiger charge is -2.34. The van der Waals surface area contributed by atoms with Crippen molar-refractivity contribution in [1.82, 2.24) is 9.21 Å². The van der Waals surface area contributed by atoms with Gasteiger partial charge in [0.15, 0.2) is 0 Å². The summed E-state index contributed by atoms with van der Waals surface area (Å²) in [5.41, 5.74) is 0. The summed E-state index contributed by atoms with van der Waals surface area (Å²) in [7, 11) is -3.08. The fraction of sp³-hybridized carbons (Fsp3) is 1.00. The van der Waals surface area contributed by atoms with Crippen molar-refractivity contribution in [3.8, 4) is 0 Å². The van der Waals surface area contributed by atoms with E-state index in [1.165, 1.54) is 10.6 Å². The van der Waals surface area contributed by atoms with E-state index in [1.807, 2.05) is 13.8 Å². The minimum Gasteiger partial charge on any atom is -0.389 e. The van der Waals surface area contributed by atoms with Crippen molar-refractivity contribution in [2.24, 2.45) is 0 Å². The van der Waals surface area contributed by atoms with E-state index < -0.39 is 16.1 Å². The van der Waals surface area contributed by atoms with E-state index in [1.54, 1.807) is 0 Å². The Bertz CT molecular complexity index is 337. The molecular weight excluding hydrogens is 256 g/mol. The molecular formula is C11H24N2O4S. The van der Waals surface area contributed by atoms with Crippen molar-refractivity contribution in [3.05, 3.63) is 0 Å². The summed E-state index contributed by atoms with van der Waals surface area (Å²) < 4.78 is 29.5. The first kappa shape index (κ1) is 15.8. The van der Waals surface area contributed by atoms with Crippen LogP contribution in [0.2, 0.25) is 0 Å². The van der Waals surface area contributed by atoms with Crippen LogP contribution in [0.4, 0.5) is 0 Å². The molecule has 0 bridgehead atoms. The van der Waals surface area contributed by atoms with Gasteiger partial charge in [-0.2, -0.15) is 4.31 Å². The summed E-state index contributed by atoms with van der Waals surface area (Å²) in [6.07, 6.45) is 0.826. The maximum Gasteiger partial charge on any atom is 0.211 e. The number of hydrogen-bond donors (Lipinski definition) is 1. The zero-order valence-corrected chi connectivity index (χ0v) is 12.2. The predicted octanol–water partition coefficient (Wildman–Crippen LogP) is -0.650. The van der Waals surface area contributed by atoms with E-state index in [4.69, 9.17) is 4.74 Å². The number of nitrogens with zero attached hydrogens (tertiary/aromatic N) is 2. The molecule has 1 fully saturated rings. The van der Waals surface area contributed by atoms with Gasteiger partial charge in [-0.3, -0.25) is 4.90 Å². The molecule has 0 spiro atoms. The van der Waals surface area contributed by atoms with Gasteiger partial charge < -0.3 is 9.84 Å². The smallest absolute Gasteiger partial charge is 0.211 e. The topological polar surface area (TPSA) is 70.1 Å². The quantitative estimate of drug-likeness (QED) is 0.700. The monoisotopic (exact) mass is 280 g/mol. The third-order valence-corrected chi connectivity index (χ3v) is 4.19. The van der Waals surface area contributed by atoms with Gasteiger partial charge in [-0.1, -0.05) is 0 Å². The summed E-state index contributed by atoms with van der Waals surface area (Å²) in [5.74, 6) is 0. The third kappa shape index (κ3) is 5.62. The maximum absolute atomic E-state index is 11.3. The summed E-state index contributed by atoms with van der Waals surface area (Å²) in [4.78, 5) is 2.07. The standard InChI is InChI=1S/C11H24N2O4S/c1-10(2)17-9-11(14)8-12-4-6-13(7-5-12)18(3,15)16/h10-11,14H,4-9H2,1-3H3. The highest BCUT2D eigenvalue weighted by molar-refractivity contribution is 7.88. The van der Waals surface area contributed by atoms with Crippen LogP contribution in [0.15, 0.2) is 0 Å². The van der Waals surface area contributed by atoms with E-state index in [0.29, 0.717) is 39.3 Å². The molecule has 6 nitrogen and oxygen atoms in total. The molecule has 0 aromatic rings. The molecule has 0 aromatic carbocycles. The lowest BCUT2D eigenvalue weighted by atomic mass is 10.3. The Hall–Kier alpha value is -0.210. The molecule has 0 radical (unpaired) electrons. The van der Waals surface area contributed by atoms with Crippen LogP contribution in [0.1, 0.15) is 13.8 Å². The summed E-state index contributed by atoms with van der Waals surface area (Å²) in [6, 6.07) is 0. The van der Waals surface area contributed by atoms with Gasteiger partial charge in [-0.25, -0.2) is 8.42 Å². The number of aliphatic hydroxyl groups is 1. The van der Waals surface area contributed by atoms with Gasteiger partial charge in [0.2, 0.25) is 10.0 Å². The van der Waals surface area contributed by atoms with Crippen molar-refractivity contribution < 1.29 is 18.3 Å². The van der Waals surface area contributed by atoms with Crippen LogP contribution in [0, 0.1) is 0 Å². The molecule has 1 rings (SSSR count). The van der Waals surface area contributed by atoms with Crippen LogP contribution in [0.5, 0.6) is 0 Å². The van der Waals surface area contributed by atoms with Gasteiger partial charge in [-0.05, 0) is 13.8 Å². The molecule has 7 heteroatoms. The summed E-state index contributed by atoms with van der Waals surface area (Å²) in [6.45, 7) is 7.02. The molecule has 0 aliphatic carbocycles. The first-order chi connectivity index (χ1) is 8.29. The number of piperazine rings is 1. The number of ether oxygens (including phenoxy) is 1. The van der Waals surface area contributed by atoms with Crippen LogP contribution in [-0.4, -0.2) is 80.5 Å². The van der Waals surface area contributed by atoms with Gasteiger partial charge in [0, 0.05) is 32.7 Å². The third-order valence-electron chi connectivity index (χ3n) is 2.89. The number of hydrogen-bond acceptors (Lipinski definition) is 5. The highest BCUT2D eigenvalue weighted by Crippen LogP contribution is 2.06. The van der Waals surface area contributed by atoms with Gasteiger partial charge in [-0.15, -0.1) is 0 Å². The van der Waals surface area contributed by atoms with E-state index in [-0.39, 0.29) is 6.10 Å². The molecule has 0 saturated carbocycles. The first-order valence-electron chi connectivity index (χ1n) is 6.26. The molecule has 1 saturated heterocycles. The molecule has 1 heterocycles. The van der Waals surface area contributed by atoms with Crippen molar-refractivity contribution in [2.45, 2.75) is 26.1 Å². The Kier molecular flexibility index (Phi) is 6.00. The van der Waals surface area contributed by atoms with Crippen molar-refractivity contribution in [2.75, 3.05) is 45.6 Å². The lowest BCUT2D eigenvalue weighted by Crippen LogP contribution is -2.50. The SMILES string of the molecule is CC(C)OCC(O)CN1CCN(S(C)(=O)=O)CC1. The molecule has 1 aliphatic heterocycles. The second kappa shape index (κ2) is 6.81. The van der Waals surface area contributed by atoms with Crippen molar-refractivity contribution >= 4 is 10.0 Å². The van der Waals surface area contributed by atoms with E-state index in [9.17, 15) is 13.5 Å². The summed E-state index contributed by atoms with van der Waals surface area (Å²) >= 11 is 0. The van der Waals surface area contributed by atoms with Crippen LogP contribution >= 0.6 is 0 Å². The highest BCUT2D eigenvalue weighted by atomic mass is 32.2. The Morgan fingerprint density at radius 1 is 1.22 bits per heavy atom. The van der Waals surface area contributed by atoms with Crippen LogP contribution in [0.25, 0.3) is 0 Å². The fourth-order valence-corrected chi connectivity index (χ4v) is 2.72. The van der Waals surface area contributed by atoms with E-state index in [0.717, 1.165) is 0 Å². The number of aliphatic hydroxyl groups excluding tert-OH is 1. The molecule has 0 aromatic heterocycles. The molecule has 1 atom stereocenters. The largest absolute Gasteiger partial charge is 0.389 e. The van der Waals surface area contributed by atoms with Gasteiger partial charge >= 0.3 is 0 Å². The van der Waals surface area contributed by atoms with Gasteiger partial charge in [0.1, 0.15) is 0 Å². The normalized spacial score (nSPS) is 21.4. The molecule has 108 valence electrons. The number of sulfonamides is 1. The number of rotatable bonds is 6. The Balaban J connectivity index is 2.27. The zero-order chi connectivity index (χ0) is 13.8. The molecule has 1 unspecified atom stereocenters. The minimum absolute atomic E-state index is 0.113. The van der Waals surface area contributed by atoms with Gasteiger partial charge in [0.05, 0.1) is 25.1 Å². The maximum atomic E-state index is 11.3. The Morgan fingerprint density at radius 3 is 2.22 bits per heavy atom. The van der Waals surface area contributed by atoms with Crippen molar-refractivity contribution in [1.29, 1.82) is 0 Å². The minimum atomic E-state index is -3.08. The Morgan fingerprint density at radius 2 is 1.78 bits per heavy atom.